The van der Waals surface area contributed by atoms with Gasteiger partial charge in [-0.1, -0.05) is 30.3 Å². The molecule has 0 bridgehead atoms. The van der Waals surface area contributed by atoms with Gasteiger partial charge in [0.05, 0.1) is 18.8 Å². The highest BCUT2D eigenvalue weighted by Crippen LogP contribution is 2.28. The lowest BCUT2D eigenvalue weighted by Gasteiger charge is -2.23. The van der Waals surface area contributed by atoms with Gasteiger partial charge in [-0.3, -0.25) is 4.79 Å². The van der Waals surface area contributed by atoms with Crippen molar-refractivity contribution in [2.45, 2.75) is 31.9 Å². The second-order valence-electron chi connectivity index (χ2n) is 6.43. The predicted octanol–water partition coefficient (Wildman–Crippen LogP) is 2.56. The standard InChI is InChI=1S/C21H29N5O3/c1-3-24-20-16(13-22)12-18(23-2)26-21(20)29-11-7-10-17(28)19(25-14-27)15-8-5-4-6-9-15/h4-6,8-9,12-14,17,19,22,24,28H,3,7,10-11H2,1-2H3,(H,23,26)(H,25,27)/t17-,19-/m0/s1. The Morgan fingerprint density at radius 2 is 2.07 bits per heavy atom. The third-order valence-electron chi connectivity index (χ3n) is 4.46. The average Bonchev–Trinajstić information content (AvgIpc) is 2.76. The number of carbonyl (C=O) groups excluding carboxylic acids is 1. The van der Waals surface area contributed by atoms with Crippen LogP contribution in [0.4, 0.5) is 11.5 Å². The summed E-state index contributed by atoms with van der Waals surface area (Å²) in [6, 6.07) is 10.7. The van der Waals surface area contributed by atoms with Crippen molar-refractivity contribution in [2.75, 3.05) is 30.8 Å². The van der Waals surface area contributed by atoms with E-state index in [0.717, 1.165) is 5.56 Å². The van der Waals surface area contributed by atoms with Crippen molar-refractivity contribution in [3.63, 3.8) is 0 Å². The molecule has 156 valence electrons. The highest BCUT2D eigenvalue weighted by Gasteiger charge is 2.20. The molecule has 5 N–H and O–H groups in total. The van der Waals surface area contributed by atoms with Gasteiger partial charge in [0.15, 0.2) is 0 Å². The fourth-order valence-corrected chi connectivity index (χ4v) is 3.03. The molecule has 0 aliphatic heterocycles. The van der Waals surface area contributed by atoms with E-state index in [4.69, 9.17) is 10.1 Å². The molecule has 2 aromatic rings. The summed E-state index contributed by atoms with van der Waals surface area (Å²) in [5, 5.41) is 27.0. The number of amides is 1. The Labute approximate surface area is 171 Å². The van der Waals surface area contributed by atoms with Crippen LogP contribution in [0.3, 0.4) is 0 Å². The first-order valence-corrected chi connectivity index (χ1v) is 9.67. The molecule has 29 heavy (non-hydrogen) atoms. The Bertz CT molecular complexity index is 785. The van der Waals surface area contributed by atoms with Crippen LogP contribution in [0.1, 0.15) is 36.9 Å². The number of hydrogen-bond donors (Lipinski definition) is 5. The number of pyridine rings is 1. The molecule has 8 heteroatoms. The Kier molecular flexibility index (Phi) is 8.91. The van der Waals surface area contributed by atoms with Crippen molar-refractivity contribution in [2.24, 2.45) is 0 Å². The van der Waals surface area contributed by atoms with Crippen molar-refractivity contribution in [3.05, 3.63) is 47.5 Å². The van der Waals surface area contributed by atoms with Crippen LogP contribution in [0.25, 0.3) is 0 Å². The summed E-state index contributed by atoms with van der Waals surface area (Å²) in [6.07, 6.45) is 2.13. The number of nitrogens with one attached hydrogen (secondary N) is 4. The topological polar surface area (TPSA) is 119 Å². The highest BCUT2D eigenvalue weighted by molar-refractivity contribution is 5.89. The number of aliphatic hydroxyl groups is 1. The molecule has 0 fully saturated rings. The van der Waals surface area contributed by atoms with Crippen molar-refractivity contribution in [1.82, 2.24) is 10.3 Å². The average molecular weight is 399 g/mol. The second kappa shape index (κ2) is 11.7. The van der Waals surface area contributed by atoms with E-state index in [1.54, 1.807) is 13.1 Å². The summed E-state index contributed by atoms with van der Waals surface area (Å²) in [5.41, 5.74) is 2.20. The lowest BCUT2D eigenvalue weighted by molar-refractivity contribution is -0.111. The highest BCUT2D eigenvalue weighted by atomic mass is 16.5. The first-order chi connectivity index (χ1) is 14.1. The molecule has 2 atom stereocenters. The van der Waals surface area contributed by atoms with E-state index in [2.05, 4.69) is 20.9 Å². The number of rotatable bonds is 13. The fraction of sp³-hybridized carbons (Fsp3) is 0.381. The van der Waals surface area contributed by atoms with Crippen LogP contribution in [0, 0.1) is 5.41 Å². The van der Waals surface area contributed by atoms with Gasteiger partial charge in [0.1, 0.15) is 11.5 Å². The van der Waals surface area contributed by atoms with Gasteiger partial charge in [0.2, 0.25) is 12.3 Å². The van der Waals surface area contributed by atoms with Crippen molar-refractivity contribution < 1.29 is 14.6 Å². The molecule has 8 nitrogen and oxygen atoms in total. The van der Waals surface area contributed by atoms with E-state index in [1.807, 2.05) is 37.3 Å². The Hall–Kier alpha value is -3.13. The number of aromatic nitrogens is 1. The minimum Gasteiger partial charge on any atom is -0.476 e. The Morgan fingerprint density at radius 1 is 1.31 bits per heavy atom. The number of carbonyl (C=O) groups is 1. The van der Waals surface area contributed by atoms with Gasteiger partial charge in [0.25, 0.3) is 0 Å². The summed E-state index contributed by atoms with van der Waals surface area (Å²) in [6.45, 7) is 2.98. The van der Waals surface area contributed by atoms with Crippen LogP contribution in [0.5, 0.6) is 5.88 Å². The molecule has 0 saturated heterocycles. The molecule has 0 aliphatic rings. The fourth-order valence-electron chi connectivity index (χ4n) is 3.03. The van der Waals surface area contributed by atoms with Crippen LogP contribution < -0.4 is 20.7 Å². The van der Waals surface area contributed by atoms with Gasteiger partial charge in [0, 0.05) is 25.4 Å². The lowest BCUT2D eigenvalue weighted by atomic mass is 9.98. The number of aliphatic hydroxyl groups excluding tert-OH is 1. The van der Waals surface area contributed by atoms with Crippen molar-refractivity contribution in [3.8, 4) is 5.88 Å². The van der Waals surface area contributed by atoms with Crippen LogP contribution in [-0.2, 0) is 4.79 Å². The zero-order valence-electron chi connectivity index (χ0n) is 16.8. The maximum atomic E-state index is 10.9. The minimum atomic E-state index is -0.742. The zero-order valence-corrected chi connectivity index (χ0v) is 16.8. The molecule has 2 rings (SSSR count). The zero-order chi connectivity index (χ0) is 21.1. The summed E-state index contributed by atoms with van der Waals surface area (Å²) in [7, 11) is 1.76. The van der Waals surface area contributed by atoms with E-state index in [1.165, 1.54) is 6.21 Å². The van der Waals surface area contributed by atoms with Gasteiger partial charge < -0.3 is 31.2 Å². The first-order valence-electron chi connectivity index (χ1n) is 9.67. The van der Waals surface area contributed by atoms with E-state index >= 15 is 0 Å². The van der Waals surface area contributed by atoms with Crippen molar-refractivity contribution in [1.29, 1.82) is 5.41 Å². The van der Waals surface area contributed by atoms with Crippen LogP contribution >= 0.6 is 0 Å². The van der Waals surface area contributed by atoms with E-state index in [0.29, 0.717) is 55.4 Å². The number of ether oxygens (including phenoxy) is 1. The van der Waals surface area contributed by atoms with Crippen LogP contribution in [0.15, 0.2) is 36.4 Å². The van der Waals surface area contributed by atoms with Crippen molar-refractivity contribution >= 4 is 24.1 Å². The third-order valence-corrected chi connectivity index (χ3v) is 4.46. The quantitative estimate of drug-likeness (QED) is 0.201. The monoisotopic (exact) mass is 399 g/mol. The van der Waals surface area contributed by atoms with Gasteiger partial charge in [-0.25, -0.2) is 0 Å². The Morgan fingerprint density at radius 3 is 2.69 bits per heavy atom. The lowest BCUT2D eigenvalue weighted by Crippen LogP contribution is -2.31. The molecule has 1 amide bonds. The molecule has 1 aromatic carbocycles. The SMILES string of the molecule is CCNc1c(C=N)cc(NC)nc1OCCC[C@H](O)[C@@H](NC=O)c1ccccc1. The summed E-state index contributed by atoms with van der Waals surface area (Å²) in [5.74, 6) is 1.02. The number of anilines is 2. The normalized spacial score (nSPS) is 12.5. The summed E-state index contributed by atoms with van der Waals surface area (Å²) >= 11 is 0. The molecule has 0 spiro atoms. The van der Waals surface area contributed by atoms with Gasteiger partial charge >= 0.3 is 0 Å². The smallest absolute Gasteiger partial charge is 0.240 e. The maximum Gasteiger partial charge on any atom is 0.240 e. The summed E-state index contributed by atoms with van der Waals surface area (Å²) in [4.78, 5) is 15.4. The van der Waals surface area contributed by atoms with E-state index < -0.39 is 12.1 Å². The molecular weight excluding hydrogens is 370 g/mol. The molecular formula is C21H29N5O3. The number of nitrogens with zero attached hydrogens (tertiary/aromatic N) is 1. The van der Waals surface area contributed by atoms with E-state index in [9.17, 15) is 9.90 Å². The van der Waals surface area contributed by atoms with Gasteiger partial charge in [-0.15, -0.1) is 0 Å². The largest absolute Gasteiger partial charge is 0.476 e. The minimum absolute atomic E-state index is 0.343. The van der Waals surface area contributed by atoms with Crippen LogP contribution in [0.2, 0.25) is 0 Å². The number of hydrogen-bond acceptors (Lipinski definition) is 7. The molecule has 1 aromatic heterocycles. The first kappa shape index (κ1) is 22.2. The molecule has 0 saturated carbocycles. The summed E-state index contributed by atoms with van der Waals surface area (Å²) < 4.78 is 5.85. The predicted molar refractivity (Wildman–Crippen MR) is 115 cm³/mol. The van der Waals surface area contributed by atoms with E-state index in [-0.39, 0.29) is 0 Å². The molecule has 0 unspecified atom stereocenters. The van der Waals surface area contributed by atoms with Gasteiger partial charge in [-0.05, 0) is 31.4 Å². The second-order valence-corrected chi connectivity index (χ2v) is 6.43. The van der Waals surface area contributed by atoms with Gasteiger partial charge in [-0.2, -0.15) is 4.98 Å². The maximum absolute atomic E-state index is 10.9. The Balaban J connectivity index is 2.00. The number of benzene rings is 1. The molecule has 0 radical (unpaired) electrons. The third kappa shape index (κ3) is 6.18. The molecule has 0 aliphatic carbocycles. The van der Waals surface area contributed by atoms with Crippen LogP contribution in [-0.4, -0.2) is 49.0 Å². The molecule has 1 heterocycles.